The van der Waals surface area contributed by atoms with E-state index in [2.05, 4.69) is 37.3 Å². The molecule has 1 atom stereocenters. The van der Waals surface area contributed by atoms with Gasteiger partial charge in [0, 0.05) is 10.9 Å². The molecule has 18 heavy (non-hydrogen) atoms. The van der Waals surface area contributed by atoms with Crippen LogP contribution in [0.5, 0.6) is 0 Å². The van der Waals surface area contributed by atoms with Gasteiger partial charge in [-0.15, -0.1) is 0 Å². The Morgan fingerprint density at radius 2 is 1.89 bits per heavy atom. The molecule has 0 bridgehead atoms. The number of benzene rings is 2. The third-order valence-electron chi connectivity index (χ3n) is 3.22. The summed E-state index contributed by atoms with van der Waals surface area (Å²) in [5, 5.41) is 0.823. The quantitative estimate of drug-likeness (QED) is 0.885. The zero-order valence-electron chi connectivity index (χ0n) is 10.6. The van der Waals surface area contributed by atoms with Crippen molar-refractivity contribution in [2.45, 2.75) is 19.3 Å². The highest BCUT2D eigenvalue weighted by atomic mass is 35.5. The summed E-state index contributed by atoms with van der Waals surface area (Å²) in [4.78, 5) is 0. The summed E-state index contributed by atoms with van der Waals surface area (Å²) in [6.45, 7) is 2.74. The first-order valence-corrected chi connectivity index (χ1v) is 6.58. The molecule has 0 radical (unpaired) electrons. The van der Waals surface area contributed by atoms with Gasteiger partial charge in [0.25, 0.3) is 0 Å². The smallest absolute Gasteiger partial charge is 0.0438 e. The molecular formula is C16H18ClN. The minimum absolute atomic E-state index is 0.324. The summed E-state index contributed by atoms with van der Waals surface area (Å²) in [6.07, 6.45) is 0.889. The van der Waals surface area contributed by atoms with Crippen LogP contribution in [0.1, 0.15) is 22.6 Å². The normalized spacial score (nSPS) is 12.4. The fourth-order valence-electron chi connectivity index (χ4n) is 2.19. The molecule has 0 amide bonds. The van der Waals surface area contributed by atoms with Gasteiger partial charge in [0.15, 0.2) is 0 Å². The van der Waals surface area contributed by atoms with Gasteiger partial charge in [0.1, 0.15) is 0 Å². The Bertz CT molecular complexity index is 522. The van der Waals surface area contributed by atoms with Crippen LogP contribution in [0.15, 0.2) is 48.5 Å². The maximum absolute atomic E-state index is 6.20. The van der Waals surface area contributed by atoms with Gasteiger partial charge in [-0.05, 0) is 37.1 Å². The van der Waals surface area contributed by atoms with E-state index in [-0.39, 0.29) is 0 Å². The van der Waals surface area contributed by atoms with Crippen molar-refractivity contribution < 1.29 is 0 Å². The van der Waals surface area contributed by atoms with E-state index in [9.17, 15) is 0 Å². The lowest BCUT2D eigenvalue weighted by Gasteiger charge is -2.16. The molecule has 0 heterocycles. The summed E-state index contributed by atoms with van der Waals surface area (Å²) in [5.41, 5.74) is 9.63. The standard InChI is InChI=1S/C16H18ClN/c1-12-5-4-7-13(9-12)15(11-18)10-14-6-2-3-8-16(14)17/h2-9,15H,10-11,18H2,1H3. The van der Waals surface area contributed by atoms with E-state index in [1.807, 2.05) is 18.2 Å². The van der Waals surface area contributed by atoms with Crippen molar-refractivity contribution in [1.29, 1.82) is 0 Å². The van der Waals surface area contributed by atoms with Crippen LogP contribution >= 0.6 is 11.6 Å². The molecule has 94 valence electrons. The van der Waals surface area contributed by atoms with Crippen LogP contribution in [0, 0.1) is 6.92 Å². The molecule has 0 aromatic heterocycles. The molecule has 0 fully saturated rings. The highest BCUT2D eigenvalue weighted by molar-refractivity contribution is 6.31. The molecule has 0 aliphatic carbocycles. The van der Waals surface area contributed by atoms with E-state index in [1.54, 1.807) is 0 Å². The largest absolute Gasteiger partial charge is 0.330 e. The van der Waals surface area contributed by atoms with Crippen molar-refractivity contribution in [2.75, 3.05) is 6.54 Å². The van der Waals surface area contributed by atoms with Gasteiger partial charge in [0.2, 0.25) is 0 Å². The zero-order chi connectivity index (χ0) is 13.0. The van der Waals surface area contributed by atoms with Gasteiger partial charge in [-0.25, -0.2) is 0 Å². The number of hydrogen-bond acceptors (Lipinski definition) is 1. The fraction of sp³-hybridized carbons (Fsp3) is 0.250. The topological polar surface area (TPSA) is 26.0 Å². The Hall–Kier alpha value is -1.31. The third-order valence-corrected chi connectivity index (χ3v) is 3.59. The van der Waals surface area contributed by atoms with E-state index in [4.69, 9.17) is 17.3 Å². The van der Waals surface area contributed by atoms with Crippen LogP contribution in [-0.2, 0) is 6.42 Å². The Kier molecular flexibility index (Phi) is 4.40. The monoisotopic (exact) mass is 259 g/mol. The average Bonchev–Trinajstić information content (AvgIpc) is 2.38. The summed E-state index contributed by atoms with van der Waals surface area (Å²) in [7, 11) is 0. The lowest BCUT2D eigenvalue weighted by molar-refractivity contribution is 0.694. The van der Waals surface area contributed by atoms with Crippen LogP contribution in [0.4, 0.5) is 0 Å². The Morgan fingerprint density at radius 3 is 2.56 bits per heavy atom. The summed E-state index contributed by atoms with van der Waals surface area (Å²) < 4.78 is 0. The van der Waals surface area contributed by atoms with Crippen LogP contribution in [-0.4, -0.2) is 6.54 Å². The molecule has 0 aliphatic heterocycles. The van der Waals surface area contributed by atoms with Crippen LogP contribution in [0.2, 0.25) is 5.02 Å². The van der Waals surface area contributed by atoms with Crippen molar-refractivity contribution in [3.63, 3.8) is 0 Å². The summed E-state index contributed by atoms with van der Waals surface area (Å²) in [5.74, 6) is 0.324. The third kappa shape index (κ3) is 3.12. The number of rotatable bonds is 4. The Morgan fingerprint density at radius 1 is 1.11 bits per heavy atom. The number of aryl methyl sites for hydroxylation is 1. The second-order valence-corrected chi connectivity index (χ2v) is 5.05. The molecule has 2 rings (SSSR count). The van der Waals surface area contributed by atoms with Crippen molar-refractivity contribution in [3.05, 3.63) is 70.2 Å². The summed E-state index contributed by atoms with van der Waals surface area (Å²) in [6, 6.07) is 16.5. The maximum Gasteiger partial charge on any atom is 0.0438 e. The average molecular weight is 260 g/mol. The molecule has 1 nitrogen and oxygen atoms in total. The van der Waals surface area contributed by atoms with Gasteiger partial charge < -0.3 is 5.73 Å². The van der Waals surface area contributed by atoms with Gasteiger partial charge in [0.05, 0.1) is 0 Å². The first kappa shape index (κ1) is 13.1. The molecule has 2 aromatic carbocycles. The van der Waals surface area contributed by atoms with E-state index >= 15 is 0 Å². The Balaban J connectivity index is 2.23. The molecule has 2 heteroatoms. The molecule has 2 N–H and O–H groups in total. The van der Waals surface area contributed by atoms with Crippen molar-refractivity contribution in [2.24, 2.45) is 5.73 Å². The highest BCUT2D eigenvalue weighted by Gasteiger charge is 2.12. The van der Waals surface area contributed by atoms with Gasteiger partial charge >= 0.3 is 0 Å². The molecular weight excluding hydrogens is 242 g/mol. The van der Waals surface area contributed by atoms with E-state index in [1.165, 1.54) is 11.1 Å². The second-order valence-electron chi connectivity index (χ2n) is 4.64. The van der Waals surface area contributed by atoms with Crippen LogP contribution in [0.3, 0.4) is 0 Å². The zero-order valence-corrected chi connectivity index (χ0v) is 11.3. The van der Waals surface area contributed by atoms with Gasteiger partial charge in [-0.1, -0.05) is 59.6 Å². The van der Waals surface area contributed by atoms with Gasteiger partial charge in [-0.2, -0.15) is 0 Å². The minimum atomic E-state index is 0.324. The second kappa shape index (κ2) is 6.03. The molecule has 2 aromatic rings. The molecule has 0 saturated carbocycles. The fourth-order valence-corrected chi connectivity index (χ4v) is 2.40. The Labute approximate surface area is 114 Å². The van der Waals surface area contributed by atoms with Crippen molar-refractivity contribution in [3.8, 4) is 0 Å². The molecule has 1 unspecified atom stereocenters. The van der Waals surface area contributed by atoms with Gasteiger partial charge in [-0.3, -0.25) is 0 Å². The first-order chi connectivity index (χ1) is 8.70. The molecule has 0 saturated heterocycles. The highest BCUT2D eigenvalue weighted by Crippen LogP contribution is 2.24. The minimum Gasteiger partial charge on any atom is -0.330 e. The predicted octanol–water partition coefficient (Wildman–Crippen LogP) is 3.93. The maximum atomic E-state index is 6.20. The van der Waals surface area contributed by atoms with E-state index in [0.717, 1.165) is 17.0 Å². The summed E-state index contributed by atoms with van der Waals surface area (Å²) >= 11 is 6.20. The van der Waals surface area contributed by atoms with E-state index in [0.29, 0.717) is 12.5 Å². The number of hydrogen-bond donors (Lipinski definition) is 1. The van der Waals surface area contributed by atoms with E-state index < -0.39 is 0 Å². The predicted molar refractivity (Wildman–Crippen MR) is 78.1 cm³/mol. The first-order valence-electron chi connectivity index (χ1n) is 6.20. The van der Waals surface area contributed by atoms with Crippen LogP contribution < -0.4 is 5.73 Å². The SMILES string of the molecule is Cc1cccc(C(CN)Cc2ccccc2Cl)c1. The lowest BCUT2D eigenvalue weighted by Crippen LogP contribution is -2.15. The molecule has 0 spiro atoms. The van der Waals surface area contributed by atoms with Crippen LogP contribution in [0.25, 0.3) is 0 Å². The number of halogens is 1. The molecule has 0 aliphatic rings. The number of nitrogens with two attached hydrogens (primary N) is 1. The van der Waals surface area contributed by atoms with Crippen molar-refractivity contribution >= 4 is 11.6 Å². The lowest BCUT2D eigenvalue weighted by atomic mass is 9.91. The van der Waals surface area contributed by atoms with Crippen molar-refractivity contribution in [1.82, 2.24) is 0 Å².